The minimum absolute atomic E-state index is 0.320. The normalized spacial score (nSPS) is 11.0. The van der Waals surface area contributed by atoms with Crippen molar-refractivity contribution in [2.24, 2.45) is 0 Å². The third-order valence-corrected chi connectivity index (χ3v) is 3.42. The molecule has 0 fully saturated rings. The lowest BCUT2D eigenvalue weighted by Gasteiger charge is -2.14. The van der Waals surface area contributed by atoms with Crippen molar-refractivity contribution in [2.75, 3.05) is 11.9 Å². The van der Waals surface area contributed by atoms with E-state index in [1.807, 2.05) is 31.2 Å². The van der Waals surface area contributed by atoms with E-state index in [-0.39, 0.29) is 0 Å². The van der Waals surface area contributed by atoms with Crippen LogP contribution < -0.4 is 15.4 Å². The van der Waals surface area contributed by atoms with Crippen LogP contribution >= 0.6 is 12.2 Å². The fraction of sp³-hybridized carbons (Fsp3) is 0.235. The highest BCUT2D eigenvalue weighted by Gasteiger charge is 2.29. The van der Waals surface area contributed by atoms with Crippen LogP contribution in [0.4, 0.5) is 18.9 Å². The van der Waals surface area contributed by atoms with Gasteiger partial charge in [0.2, 0.25) is 0 Å². The van der Waals surface area contributed by atoms with Crippen molar-refractivity contribution in [3.05, 3.63) is 59.7 Å². The summed E-state index contributed by atoms with van der Waals surface area (Å²) < 4.78 is 43.0. The van der Waals surface area contributed by atoms with Gasteiger partial charge in [0.25, 0.3) is 0 Å². The van der Waals surface area contributed by atoms with Crippen molar-refractivity contribution in [2.45, 2.75) is 19.6 Å². The Hall–Kier alpha value is -2.28. The van der Waals surface area contributed by atoms with Gasteiger partial charge in [-0.25, -0.2) is 0 Å². The Kier molecular flexibility index (Phi) is 6.03. The minimum atomic E-state index is -4.33. The maximum atomic E-state index is 12.5. The number of thiocarbonyl (C=S) groups is 1. The zero-order chi connectivity index (χ0) is 17.6. The van der Waals surface area contributed by atoms with Crippen LogP contribution in [-0.2, 0) is 12.7 Å². The van der Waals surface area contributed by atoms with Crippen molar-refractivity contribution in [3.8, 4) is 5.75 Å². The smallest absolute Gasteiger partial charge is 0.416 e. The van der Waals surface area contributed by atoms with E-state index in [1.165, 1.54) is 12.1 Å². The summed E-state index contributed by atoms with van der Waals surface area (Å²) in [4.78, 5) is 0. The SMILES string of the molecule is CCOc1ccccc1NC(=S)NCc1ccc(C(F)(F)F)cc1. The van der Waals surface area contributed by atoms with Crippen LogP contribution in [0.5, 0.6) is 5.75 Å². The van der Waals surface area contributed by atoms with Gasteiger partial charge in [0.15, 0.2) is 5.11 Å². The molecule has 2 rings (SSSR count). The van der Waals surface area contributed by atoms with E-state index in [0.29, 0.717) is 29.6 Å². The lowest BCUT2D eigenvalue weighted by Crippen LogP contribution is -2.28. The molecular formula is C17H17F3N2OS. The van der Waals surface area contributed by atoms with E-state index in [4.69, 9.17) is 17.0 Å². The van der Waals surface area contributed by atoms with E-state index in [9.17, 15) is 13.2 Å². The van der Waals surface area contributed by atoms with Gasteiger partial charge in [0.05, 0.1) is 17.9 Å². The summed E-state index contributed by atoms with van der Waals surface area (Å²) in [5, 5.41) is 6.34. The largest absolute Gasteiger partial charge is 0.492 e. The summed E-state index contributed by atoms with van der Waals surface area (Å²) in [6, 6.07) is 12.3. The topological polar surface area (TPSA) is 33.3 Å². The number of rotatable bonds is 5. The first-order chi connectivity index (χ1) is 11.4. The molecule has 0 bridgehead atoms. The Balaban J connectivity index is 1.92. The predicted octanol–water partition coefficient (Wildman–Crippen LogP) is 4.59. The van der Waals surface area contributed by atoms with Crippen LogP contribution in [0.25, 0.3) is 0 Å². The summed E-state index contributed by atoms with van der Waals surface area (Å²) in [6.45, 7) is 2.74. The number of para-hydroxylation sites is 2. The van der Waals surface area contributed by atoms with Crippen molar-refractivity contribution < 1.29 is 17.9 Å². The van der Waals surface area contributed by atoms with Crippen LogP contribution in [0.2, 0.25) is 0 Å². The predicted molar refractivity (Wildman–Crippen MR) is 92.1 cm³/mol. The monoisotopic (exact) mass is 354 g/mol. The van der Waals surface area contributed by atoms with Crippen LogP contribution in [-0.4, -0.2) is 11.7 Å². The van der Waals surface area contributed by atoms with Gasteiger partial charge < -0.3 is 15.4 Å². The highest BCUT2D eigenvalue weighted by atomic mass is 32.1. The van der Waals surface area contributed by atoms with Gasteiger partial charge in [-0.1, -0.05) is 24.3 Å². The average molecular weight is 354 g/mol. The second kappa shape index (κ2) is 8.01. The Labute approximate surface area is 143 Å². The Morgan fingerprint density at radius 3 is 2.38 bits per heavy atom. The summed E-state index contributed by atoms with van der Waals surface area (Å²) in [6.07, 6.45) is -4.33. The van der Waals surface area contributed by atoms with Crippen molar-refractivity contribution in [1.82, 2.24) is 5.32 Å². The molecular weight excluding hydrogens is 337 g/mol. The number of benzene rings is 2. The van der Waals surface area contributed by atoms with E-state index in [2.05, 4.69) is 10.6 Å². The van der Waals surface area contributed by atoms with E-state index in [0.717, 1.165) is 17.8 Å². The number of hydrogen-bond acceptors (Lipinski definition) is 2. The molecule has 7 heteroatoms. The number of nitrogens with one attached hydrogen (secondary N) is 2. The van der Waals surface area contributed by atoms with Crippen LogP contribution in [0, 0.1) is 0 Å². The van der Waals surface area contributed by atoms with E-state index in [1.54, 1.807) is 0 Å². The zero-order valence-corrected chi connectivity index (χ0v) is 13.8. The fourth-order valence-electron chi connectivity index (χ4n) is 2.01. The highest BCUT2D eigenvalue weighted by Crippen LogP contribution is 2.29. The Morgan fingerprint density at radius 1 is 1.08 bits per heavy atom. The maximum Gasteiger partial charge on any atom is 0.416 e. The average Bonchev–Trinajstić information content (AvgIpc) is 2.55. The second-order valence-corrected chi connectivity index (χ2v) is 5.34. The number of anilines is 1. The highest BCUT2D eigenvalue weighted by molar-refractivity contribution is 7.80. The molecule has 3 nitrogen and oxygen atoms in total. The summed E-state index contributed by atoms with van der Waals surface area (Å²) in [5.41, 5.74) is 0.757. The molecule has 0 saturated heterocycles. The molecule has 2 aromatic carbocycles. The molecule has 0 atom stereocenters. The molecule has 0 unspecified atom stereocenters. The number of halogens is 3. The third-order valence-electron chi connectivity index (χ3n) is 3.17. The Bertz CT molecular complexity index is 687. The molecule has 2 aromatic rings. The van der Waals surface area contributed by atoms with Crippen LogP contribution in [0.3, 0.4) is 0 Å². The number of hydrogen-bond donors (Lipinski definition) is 2. The quantitative estimate of drug-likeness (QED) is 0.770. The van der Waals surface area contributed by atoms with Gasteiger partial charge in [-0.3, -0.25) is 0 Å². The molecule has 2 N–H and O–H groups in total. The lowest BCUT2D eigenvalue weighted by molar-refractivity contribution is -0.137. The second-order valence-electron chi connectivity index (χ2n) is 4.93. The maximum absolute atomic E-state index is 12.5. The summed E-state index contributed by atoms with van der Waals surface area (Å²) in [7, 11) is 0. The zero-order valence-electron chi connectivity index (χ0n) is 13.0. The molecule has 24 heavy (non-hydrogen) atoms. The first-order valence-corrected chi connectivity index (χ1v) is 7.74. The van der Waals surface area contributed by atoms with Crippen LogP contribution in [0.1, 0.15) is 18.1 Å². The number of ether oxygens (including phenoxy) is 1. The van der Waals surface area contributed by atoms with E-state index < -0.39 is 11.7 Å². The Morgan fingerprint density at radius 2 is 1.75 bits per heavy atom. The summed E-state index contributed by atoms with van der Waals surface area (Å²) in [5.74, 6) is 0.679. The van der Waals surface area contributed by atoms with Gasteiger partial charge in [0, 0.05) is 6.54 Å². The molecule has 0 heterocycles. The molecule has 0 amide bonds. The standard InChI is InChI=1S/C17H17F3N2OS/c1-2-23-15-6-4-3-5-14(15)22-16(24)21-11-12-7-9-13(10-8-12)17(18,19)20/h3-10H,2,11H2,1H3,(H2,21,22,24). The molecule has 128 valence electrons. The molecule has 0 aromatic heterocycles. The van der Waals surface area contributed by atoms with Crippen molar-refractivity contribution in [3.63, 3.8) is 0 Å². The third kappa shape index (κ3) is 5.13. The van der Waals surface area contributed by atoms with Gasteiger partial charge in [0.1, 0.15) is 5.75 Å². The van der Waals surface area contributed by atoms with Crippen molar-refractivity contribution >= 4 is 23.0 Å². The van der Waals surface area contributed by atoms with Gasteiger partial charge in [-0.15, -0.1) is 0 Å². The minimum Gasteiger partial charge on any atom is -0.492 e. The molecule has 0 aliphatic carbocycles. The van der Waals surface area contributed by atoms with Crippen LogP contribution in [0.15, 0.2) is 48.5 Å². The van der Waals surface area contributed by atoms with E-state index >= 15 is 0 Å². The number of alkyl halides is 3. The first kappa shape index (κ1) is 18.1. The van der Waals surface area contributed by atoms with Gasteiger partial charge >= 0.3 is 6.18 Å². The lowest BCUT2D eigenvalue weighted by atomic mass is 10.1. The molecule has 0 saturated carbocycles. The molecule has 0 aliphatic heterocycles. The summed E-state index contributed by atoms with van der Waals surface area (Å²) >= 11 is 5.21. The fourth-order valence-corrected chi connectivity index (χ4v) is 2.19. The molecule has 0 radical (unpaired) electrons. The molecule has 0 aliphatic rings. The first-order valence-electron chi connectivity index (χ1n) is 7.33. The molecule has 0 spiro atoms. The van der Waals surface area contributed by atoms with Gasteiger partial charge in [-0.05, 0) is 49.0 Å². The van der Waals surface area contributed by atoms with Crippen molar-refractivity contribution in [1.29, 1.82) is 0 Å². The van der Waals surface area contributed by atoms with Gasteiger partial charge in [-0.2, -0.15) is 13.2 Å².